The van der Waals surface area contributed by atoms with Crippen molar-refractivity contribution in [1.29, 1.82) is 0 Å². The molecule has 2 aromatic heterocycles. The number of urea groups is 1. The lowest BCUT2D eigenvalue weighted by atomic mass is 10.1. The smallest absolute Gasteiger partial charge is 0.319 e. The van der Waals surface area contributed by atoms with Crippen molar-refractivity contribution in [3.8, 4) is 28.6 Å². The van der Waals surface area contributed by atoms with E-state index in [1.165, 1.54) is 6.33 Å². The number of hydrogen-bond donors (Lipinski definition) is 3. The zero-order valence-corrected chi connectivity index (χ0v) is 29.8. The van der Waals surface area contributed by atoms with Crippen LogP contribution < -0.4 is 20.1 Å². The number of nitrogens with zero attached hydrogens (tertiary/aromatic N) is 4. The van der Waals surface area contributed by atoms with E-state index in [9.17, 15) is 9.90 Å². The van der Waals surface area contributed by atoms with Crippen LogP contribution in [0.4, 0.5) is 10.5 Å². The first-order chi connectivity index (χ1) is 23.0. The Balaban J connectivity index is 1.36. The SMILES string of the molecule is CCN(CC)C[C@@H](O)COc1ccc(-c2cc3c(Oc4ccc(NC(=O)NC5CC5)c(C)c4)ncnc3n2COCCS(C)(C)C)cc1. The highest BCUT2D eigenvalue weighted by atomic mass is 32.3. The van der Waals surface area contributed by atoms with Crippen LogP contribution in [0.3, 0.4) is 0 Å². The Bertz CT molecular complexity index is 1660. The Hall–Kier alpha value is -3.84. The van der Waals surface area contributed by atoms with E-state index in [2.05, 4.69) is 58.1 Å². The molecule has 0 aliphatic heterocycles. The largest absolute Gasteiger partial charge is 0.491 e. The van der Waals surface area contributed by atoms with E-state index >= 15 is 0 Å². The number of anilines is 1. The van der Waals surface area contributed by atoms with Crippen molar-refractivity contribution in [3.05, 3.63) is 60.4 Å². The summed E-state index contributed by atoms with van der Waals surface area (Å²) in [5, 5.41) is 17.1. The number of ether oxygens (including phenoxy) is 3. The molecule has 260 valence electrons. The van der Waals surface area contributed by atoms with Crippen LogP contribution in [0, 0.1) is 6.92 Å². The lowest BCUT2D eigenvalue weighted by Crippen LogP contribution is -2.35. The fourth-order valence-electron chi connectivity index (χ4n) is 5.23. The molecule has 11 nitrogen and oxygen atoms in total. The molecule has 2 aromatic carbocycles. The molecule has 5 rings (SSSR count). The van der Waals surface area contributed by atoms with E-state index < -0.39 is 16.1 Å². The van der Waals surface area contributed by atoms with Crippen molar-refractivity contribution in [1.82, 2.24) is 24.8 Å². The monoisotopic (exact) mass is 678 g/mol. The predicted octanol–water partition coefficient (Wildman–Crippen LogP) is 6.23. The highest BCUT2D eigenvalue weighted by Crippen LogP contribution is 2.36. The Kier molecular flexibility index (Phi) is 11.9. The second-order valence-electron chi connectivity index (χ2n) is 13.1. The fourth-order valence-corrected chi connectivity index (χ4v) is 5.84. The lowest BCUT2D eigenvalue weighted by molar-refractivity contribution is 0.0716. The second-order valence-corrected chi connectivity index (χ2v) is 17.7. The van der Waals surface area contributed by atoms with Gasteiger partial charge in [-0.2, -0.15) is 0 Å². The summed E-state index contributed by atoms with van der Waals surface area (Å²) in [5.74, 6) is 2.71. The molecule has 2 heterocycles. The summed E-state index contributed by atoms with van der Waals surface area (Å²) in [7, 11) is -0.695. The van der Waals surface area contributed by atoms with Crippen molar-refractivity contribution in [2.24, 2.45) is 0 Å². The molecule has 48 heavy (non-hydrogen) atoms. The van der Waals surface area contributed by atoms with Crippen molar-refractivity contribution < 1.29 is 24.1 Å². The summed E-state index contributed by atoms with van der Waals surface area (Å²) < 4.78 is 20.5. The molecule has 0 spiro atoms. The molecule has 2 amide bonds. The first-order valence-corrected chi connectivity index (χ1v) is 19.6. The highest BCUT2D eigenvalue weighted by molar-refractivity contribution is 8.32. The first kappa shape index (κ1) is 35.5. The Labute approximate surface area is 285 Å². The van der Waals surface area contributed by atoms with Crippen LogP contribution in [0.1, 0.15) is 32.3 Å². The number of carbonyl (C=O) groups is 1. The topological polar surface area (TPSA) is 123 Å². The van der Waals surface area contributed by atoms with Crippen LogP contribution in [-0.4, -0.2) is 100 Å². The van der Waals surface area contributed by atoms with Gasteiger partial charge in [0, 0.05) is 24.0 Å². The molecule has 0 saturated heterocycles. The number of likely N-dealkylation sites (N-methyl/N-ethyl adjacent to an activating group) is 1. The number of aromatic nitrogens is 3. The zero-order chi connectivity index (χ0) is 34.3. The van der Waals surface area contributed by atoms with Gasteiger partial charge in [0.25, 0.3) is 0 Å². The number of hydrogen-bond acceptors (Lipinski definition) is 8. The molecule has 1 fully saturated rings. The molecule has 4 aromatic rings. The number of rotatable bonds is 17. The molecule has 1 aliphatic rings. The van der Waals surface area contributed by atoms with Crippen LogP contribution >= 0.6 is 10.0 Å². The number of aliphatic hydroxyl groups is 1. The minimum absolute atomic E-state index is 0.195. The maximum atomic E-state index is 12.3. The van der Waals surface area contributed by atoms with E-state index in [4.69, 9.17) is 14.2 Å². The first-order valence-electron chi connectivity index (χ1n) is 16.6. The Morgan fingerprint density at radius 1 is 1.06 bits per heavy atom. The van der Waals surface area contributed by atoms with Gasteiger partial charge in [-0.15, -0.1) is 0 Å². The van der Waals surface area contributed by atoms with Crippen molar-refractivity contribution in [3.63, 3.8) is 0 Å². The van der Waals surface area contributed by atoms with Crippen molar-refractivity contribution >= 4 is 32.8 Å². The highest BCUT2D eigenvalue weighted by Gasteiger charge is 2.23. The van der Waals surface area contributed by atoms with Crippen molar-refractivity contribution in [2.45, 2.75) is 52.5 Å². The lowest BCUT2D eigenvalue weighted by Gasteiger charge is -2.24. The van der Waals surface area contributed by atoms with Gasteiger partial charge in [-0.3, -0.25) is 0 Å². The summed E-state index contributed by atoms with van der Waals surface area (Å²) in [6, 6.07) is 15.5. The Morgan fingerprint density at radius 2 is 1.79 bits per heavy atom. The standard InChI is InChI=1S/C36H50N6O5S/c1-7-41(8-2)21-28(43)22-46-29-13-9-26(10-14-29)33-20-31-34(42(33)24-45-17-18-48(4,5)6)37-23-38-35(31)47-30-15-16-32(25(3)19-30)40-36(44)39-27-11-12-27/h9-10,13-16,19-20,23,27-28,43H,7-8,11-12,17-18,21-22,24H2,1-6H3,(H2,39,40,44)/t28-/m1/s1. The molecule has 12 heteroatoms. The van der Waals surface area contributed by atoms with Crippen LogP contribution in [0.2, 0.25) is 0 Å². The minimum Gasteiger partial charge on any atom is -0.491 e. The van der Waals surface area contributed by atoms with Crippen LogP contribution in [0.15, 0.2) is 54.9 Å². The summed E-state index contributed by atoms with van der Waals surface area (Å²) in [5.41, 5.74) is 4.16. The number of amides is 2. The minimum atomic E-state index is -0.695. The molecule has 1 aliphatic carbocycles. The second kappa shape index (κ2) is 16.0. The van der Waals surface area contributed by atoms with E-state index in [1.54, 1.807) is 0 Å². The summed E-state index contributed by atoms with van der Waals surface area (Å²) in [6.45, 7) is 9.64. The zero-order valence-electron chi connectivity index (χ0n) is 29.0. The number of benzene rings is 2. The molecule has 0 unspecified atom stereocenters. The quantitative estimate of drug-likeness (QED) is 0.112. The van der Waals surface area contributed by atoms with Crippen LogP contribution in [0.5, 0.6) is 17.4 Å². The van der Waals surface area contributed by atoms with Crippen LogP contribution in [-0.2, 0) is 11.5 Å². The molecule has 0 radical (unpaired) electrons. The van der Waals surface area contributed by atoms with Gasteiger partial charge in [-0.1, -0.05) is 13.8 Å². The average Bonchev–Trinajstić information content (AvgIpc) is 3.79. The fraction of sp³-hybridized carbons (Fsp3) is 0.472. The van der Waals surface area contributed by atoms with Gasteiger partial charge in [0.2, 0.25) is 5.88 Å². The van der Waals surface area contributed by atoms with Gasteiger partial charge < -0.3 is 39.4 Å². The predicted molar refractivity (Wildman–Crippen MR) is 195 cm³/mol. The molecular formula is C36H50N6O5S. The van der Waals surface area contributed by atoms with Gasteiger partial charge in [0.15, 0.2) is 0 Å². The number of aryl methyl sites for hydroxylation is 1. The van der Waals surface area contributed by atoms with E-state index in [0.29, 0.717) is 42.9 Å². The average molecular weight is 679 g/mol. The molecule has 0 bridgehead atoms. The number of fused-ring (bicyclic) bond motifs is 1. The number of nitrogens with one attached hydrogen (secondary N) is 2. The van der Waals surface area contributed by atoms with Gasteiger partial charge in [-0.05, 0) is 111 Å². The molecule has 1 saturated carbocycles. The summed E-state index contributed by atoms with van der Waals surface area (Å²) in [6.07, 6.45) is 9.84. The molecule has 3 N–H and O–H groups in total. The normalized spacial score (nSPS) is 14.2. The van der Waals surface area contributed by atoms with E-state index in [-0.39, 0.29) is 18.7 Å². The number of carbonyl (C=O) groups excluding carboxylic acids is 1. The third kappa shape index (κ3) is 9.85. The van der Waals surface area contributed by atoms with Gasteiger partial charge in [0.05, 0.1) is 17.7 Å². The Morgan fingerprint density at radius 3 is 2.46 bits per heavy atom. The van der Waals surface area contributed by atoms with E-state index in [1.807, 2.05) is 60.0 Å². The van der Waals surface area contributed by atoms with Gasteiger partial charge in [-0.25, -0.2) is 24.8 Å². The third-order valence-electron chi connectivity index (χ3n) is 8.24. The summed E-state index contributed by atoms with van der Waals surface area (Å²) in [4.78, 5) is 23.6. The molecule has 1 atom stereocenters. The van der Waals surface area contributed by atoms with Crippen molar-refractivity contribution in [2.75, 3.05) is 62.7 Å². The number of aliphatic hydroxyl groups excluding tert-OH is 1. The van der Waals surface area contributed by atoms with E-state index in [0.717, 1.165) is 59.6 Å². The third-order valence-corrected chi connectivity index (χ3v) is 9.63. The molecular weight excluding hydrogens is 628 g/mol. The maximum absolute atomic E-state index is 12.3. The summed E-state index contributed by atoms with van der Waals surface area (Å²) >= 11 is 0. The van der Waals surface area contributed by atoms with Gasteiger partial charge >= 0.3 is 6.03 Å². The van der Waals surface area contributed by atoms with Crippen LogP contribution in [0.25, 0.3) is 22.3 Å². The maximum Gasteiger partial charge on any atom is 0.319 e. The van der Waals surface area contributed by atoms with Gasteiger partial charge in [0.1, 0.15) is 42.9 Å².